The summed E-state index contributed by atoms with van der Waals surface area (Å²) < 4.78 is 32.1. The van der Waals surface area contributed by atoms with E-state index in [1.54, 1.807) is 59.3 Å². The number of aromatic nitrogens is 2. The first kappa shape index (κ1) is 19.8. The van der Waals surface area contributed by atoms with E-state index in [-0.39, 0.29) is 17.3 Å². The molecule has 0 fully saturated rings. The second-order valence-corrected chi connectivity index (χ2v) is 8.55. The summed E-state index contributed by atoms with van der Waals surface area (Å²) in [6.07, 6.45) is 0. The number of sulfone groups is 1. The number of hydrogen-bond donors (Lipinski definition) is 0. The molecule has 0 saturated carbocycles. The molecule has 0 spiro atoms. The molecule has 0 saturated heterocycles. The van der Waals surface area contributed by atoms with Crippen molar-refractivity contribution in [3.63, 3.8) is 0 Å². The van der Waals surface area contributed by atoms with Crippen LogP contribution in [0.5, 0.6) is 0 Å². The number of ether oxygens (including phenoxy) is 1. The highest BCUT2D eigenvalue weighted by Gasteiger charge is 2.16. The normalized spacial score (nSPS) is 11.4. The van der Waals surface area contributed by atoms with E-state index in [2.05, 4.69) is 5.10 Å². The Kier molecular flexibility index (Phi) is 5.94. The van der Waals surface area contributed by atoms with Gasteiger partial charge in [0.25, 0.3) is 0 Å². The van der Waals surface area contributed by atoms with E-state index in [0.29, 0.717) is 17.7 Å². The maximum Gasteiger partial charge on any atom is 0.338 e. The average molecular weight is 398 g/mol. The topological polar surface area (TPSA) is 78.3 Å². The number of benzene rings is 2. The van der Waals surface area contributed by atoms with E-state index in [4.69, 9.17) is 4.74 Å². The van der Waals surface area contributed by atoms with Crippen LogP contribution in [0.2, 0.25) is 0 Å². The second kappa shape index (κ2) is 8.39. The van der Waals surface area contributed by atoms with Crippen LogP contribution in [0.3, 0.4) is 0 Å². The minimum atomic E-state index is -3.47. The van der Waals surface area contributed by atoms with Gasteiger partial charge in [0.05, 0.1) is 28.5 Å². The Balaban J connectivity index is 1.64. The third kappa shape index (κ3) is 4.86. The van der Waals surface area contributed by atoms with Crippen LogP contribution in [0.15, 0.2) is 65.6 Å². The molecule has 0 unspecified atom stereocenters. The fourth-order valence-corrected chi connectivity index (χ4v) is 4.28. The van der Waals surface area contributed by atoms with Crippen LogP contribution in [0.4, 0.5) is 0 Å². The number of rotatable bonds is 7. The molecule has 0 amide bonds. The Bertz CT molecular complexity index is 1070. The van der Waals surface area contributed by atoms with Gasteiger partial charge < -0.3 is 4.74 Å². The van der Waals surface area contributed by atoms with Gasteiger partial charge >= 0.3 is 5.97 Å². The average Bonchev–Trinajstić information content (AvgIpc) is 2.99. The van der Waals surface area contributed by atoms with Gasteiger partial charge in [-0.05, 0) is 49.7 Å². The molecule has 1 aromatic heterocycles. The number of esters is 1. The molecule has 0 aliphatic rings. The van der Waals surface area contributed by atoms with E-state index in [0.717, 1.165) is 11.4 Å². The zero-order chi connectivity index (χ0) is 20.1. The Morgan fingerprint density at radius 1 is 1.04 bits per heavy atom. The molecule has 146 valence electrons. The van der Waals surface area contributed by atoms with Crippen molar-refractivity contribution < 1.29 is 17.9 Å². The lowest BCUT2D eigenvalue weighted by atomic mass is 10.1. The molecule has 0 aliphatic carbocycles. The van der Waals surface area contributed by atoms with Gasteiger partial charge in [0, 0.05) is 5.69 Å². The maximum absolute atomic E-state index is 12.5. The van der Waals surface area contributed by atoms with Gasteiger partial charge in [-0.1, -0.05) is 30.3 Å². The van der Waals surface area contributed by atoms with Gasteiger partial charge in [0.2, 0.25) is 0 Å². The molecule has 0 radical (unpaired) electrons. The van der Waals surface area contributed by atoms with Crippen molar-refractivity contribution in [1.29, 1.82) is 0 Å². The first-order valence-corrected chi connectivity index (χ1v) is 10.6. The summed E-state index contributed by atoms with van der Waals surface area (Å²) in [5.74, 6) is -0.662. The molecule has 0 atom stereocenters. The largest absolute Gasteiger partial charge is 0.460 e. The van der Waals surface area contributed by atoms with Crippen LogP contribution in [-0.4, -0.2) is 30.8 Å². The number of carbonyl (C=O) groups excluding carboxylic acids is 1. The molecule has 2 aromatic carbocycles. The molecule has 1 heterocycles. The van der Waals surface area contributed by atoms with Crippen LogP contribution in [0.1, 0.15) is 27.3 Å². The van der Waals surface area contributed by atoms with Gasteiger partial charge in [0.15, 0.2) is 9.84 Å². The fourth-order valence-electron chi connectivity index (χ4n) is 2.93. The lowest BCUT2D eigenvalue weighted by molar-refractivity contribution is 0.0486. The highest BCUT2D eigenvalue weighted by Crippen LogP contribution is 2.17. The van der Waals surface area contributed by atoms with Crippen LogP contribution >= 0.6 is 0 Å². The van der Waals surface area contributed by atoms with Crippen LogP contribution < -0.4 is 0 Å². The standard InChI is InChI=1S/C21H22N2O4S/c1-16-13-17(2)23(22-16)11-12-27-21(24)19-8-6-7-18(14-19)15-28(25,26)20-9-4-3-5-10-20/h3-10,13-14H,11-12,15H2,1-2H3. The predicted octanol–water partition coefficient (Wildman–Crippen LogP) is 3.33. The van der Waals surface area contributed by atoms with Gasteiger partial charge in [-0.15, -0.1) is 0 Å². The smallest absolute Gasteiger partial charge is 0.338 e. The Labute approximate surface area is 164 Å². The third-order valence-corrected chi connectivity index (χ3v) is 5.97. The van der Waals surface area contributed by atoms with Crippen molar-refractivity contribution in [3.8, 4) is 0 Å². The lowest BCUT2D eigenvalue weighted by Gasteiger charge is -2.08. The lowest BCUT2D eigenvalue weighted by Crippen LogP contribution is -2.13. The molecule has 0 bridgehead atoms. The Hall–Kier alpha value is -2.93. The summed E-state index contributed by atoms with van der Waals surface area (Å²) >= 11 is 0. The van der Waals surface area contributed by atoms with Gasteiger partial charge in [-0.25, -0.2) is 13.2 Å². The number of aryl methyl sites for hydroxylation is 2. The first-order chi connectivity index (χ1) is 13.3. The summed E-state index contributed by atoms with van der Waals surface area (Å²) in [7, 11) is -3.47. The van der Waals surface area contributed by atoms with Crippen molar-refractivity contribution in [2.75, 3.05) is 6.61 Å². The van der Waals surface area contributed by atoms with E-state index in [9.17, 15) is 13.2 Å². The van der Waals surface area contributed by atoms with E-state index in [1.165, 1.54) is 0 Å². The number of hydrogen-bond acceptors (Lipinski definition) is 5. The van der Waals surface area contributed by atoms with Crippen molar-refractivity contribution in [1.82, 2.24) is 9.78 Å². The molecule has 3 rings (SSSR count). The third-order valence-electron chi connectivity index (χ3n) is 4.26. The quantitative estimate of drug-likeness (QED) is 0.571. The molecule has 0 N–H and O–H groups in total. The summed E-state index contributed by atoms with van der Waals surface area (Å²) in [4.78, 5) is 12.6. The van der Waals surface area contributed by atoms with Gasteiger partial charge in [-0.3, -0.25) is 4.68 Å². The predicted molar refractivity (Wildman–Crippen MR) is 106 cm³/mol. The zero-order valence-electron chi connectivity index (χ0n) is 15.8. The molecule has 28 heavy (non-hydrogen) atoms. The second-order valence-electron chi connectivity index (χ2n) is 6.56. The Morgan fingerprint density at radius 2 is 1.79 bits per heavy atom. The van der Waals surface area contributed by atoms with Crippen LogP contribution in [-0.2, 0) is 26.9 Å². The highest BCUT2D eigenvalue weighted by atomic mass is 32.2. The van der Waals surface area contributed by atoms with E-state index >= 15 is 0 Å². The molecule has 7 heteroatoms. The van der Waals surface area contributed by atoms with Crippen molar-refractivity contribution in [2.45, 2.75) is 31.0 Å². The summed E-state index contributed by atoms with van der Waals surface area (Å²) in [6, 6.07) is 16.7. The number of nitrogens with zero attached hydrogens (tertiary/aromatic N) is 2. The van der Waals surface area contributed by atoms with E-state index < -0.39 is 15.8 Å². The van der Waals surface area contributed by atoms with Crippen LogP contribution in [0.25, 0.3) is 0 Å². The fraction of sp³-hybridized carbons (Fsp3) is 0.238. The summed E-state index contributed by atoms with van der Waals surface area (Å²) in [5.41, 5.74) is 2.78. The first-order valence-electron chi connectivity index (χ1n) is 8.90. The van der Waals surface area contributed by atoms with Crippen molar-refractivity contribution in [2.24, 2.45) is 0 Å². The minimum absolute atomic E-state index is 0.177. The summed E-state index contributed by atoms with van der Waals surface area (Å²) in [6.45, 7) is 4.50. The van der Waals surface area contributed by atoms with Crippen molar-refractivity contribution >= 4 is 15.8 Å². The number of carbonyl (C=O) groups is 1. The molecular formula is C21H22N2O4S. The molecule has 0 aliphatic heterocycles. The maximum atomic E-state index is 12.5. The van der Waals surface area contributed by atoms with E-state index in [1.807, 2.05) is 19.9 Å². The Morgan fingerprint density at radius 3 is 2.46 bits per heavy atom. The highest BCUT2D eigenvalue weighted by molar-refractivity contribution is 7.90. The minimum Gasteiger partial charge on any atom is -0.460 e. The molecule has 3 aromatic rings. The molecular weight excluding hydrogens is 376 g/mol. The van der Waals surface area contributed by atoms with Crippen LogP contribution in [0, 0.1) is 13.8 Å². The zero-order valence-corrected chi connectivity index (χ0v) is 16.6. The van der Waals surface area contributed by atoms with Crippen molar-refractivity contribution in [3.05, 3.63) is 83.2 Å². The molecule has 6 nitrogen and oxygen atoms in total. The SMILES string of the molecule is Cc1cc(C)n(CCOC(=O)c2cccc(CS(=O)(=O)c3ccccc3)c2)n1. The van der Waals surface area contributed by atoms with Gasteiger partial charge in [0.1, 0.15) is 6.61 Å². The van der Waals surface area contributed by atoms with Gasteiger partial charge in [-0.2, -0.15) is 5.10 Å². The summed E-state index contributed by atoms with van der Waals surface area (Å²) in [5, 5.41) is 4.32. The monoisotopic (exact) mass is 398 g/mol.